The van der Waals surface area contributed by atoms with Crippen molar-refractivity contribution in [2.75, 3.05) is 32.0 Å². The number of aliphatic carboxylic acids is 1. The topological polar surface area (TPSA) is 81.7 Å². The molecule has 6 nitrogen and oxygen atoms in total. The summed E-state index contributed by atoms with van der Waals surface area (Å²) >= 11 is 0. The highest BCUT2D eigenvalue weighted by Gasteiger charge is 2.24. The summed E-state index contributed by atoms with van der Waals surface area (Å²) in [6.45, 7) is 2.30. The van der Waals surface area contributed by atoms with Crippen molar-refractivity contribution >= 4 is 17.6 Å². The van der Waals surface area contributed by atoms with Crippen molar-refractivity contribution in [3.63, 3.8) is 0 Å². The number of benzene rings is 1. The number of para-hydroxylation sites is 1. The number of likely N-dealkylation sites (N-methyl/N-ethyl adjacent to an activating group) is 1. The third-order valence-electron chi connectivity index (χ3n) is 3.66. The van der Waals surface area contributed by atoms with Crippen molar-refractivity contribution in [1.29, 1.82) is 0 Å². The van der Waals surface area contributed by atoms with Crippen LogP contribution in [0.1, 0.15) is 12.8 Å². The molecule has 1 fully saturated rings. The summed E-state index contributed by atoms with van der Waals surface area (Å²) in [7, 11) is 1.64. The summed E-state index contributed by atoms with van der Waals surface area (Å²) in [5.74, 6) is -1.83. The number of carboxylic acid groups (broad SMARTS) is 1. The highest BCUT2D eigenvalue weighted by atomic mass is 16.4. The van der Waals surface area contributed by atoms with E-state index < -0.39 is 11.9 Å². The summed E-state index contributed by atoms with van der Waals surface area (Å²) in [6.07, 6.45) is 2.21. The Balaban J connectivity index is 2.19. The van der Waals surface area contributed by atoms with Gasteiger partial charge in [-0.05, 0) is 38.1 Å². The summed E-state index contributed by atoms with van der Waals surface area (Å²) in [4.78, 5) is 26.0. The molecule has 1 aromatic carbocycles. The van der Waals surface area contributed by atoms with E-state index >= 15 is 0 Å². The minimum Gasteiger partial charge on any atom is -0.477 e. The number of carbonyl (C=O) groups is 2. The van der Waals surface area contributed by atoms with Crippen LogP contribution >= 0.6 is 0 Å². The number of hydrogen-bond acceptors (Lipinski definition) is 4. The fourth-order valence-electron chi connectivity index (χ4n) is 2.53. The van der Waals surface area contributed by atoms with Gasteiger partial charge < -0.3 is 15.7 Å². The van der Waals surface area contributed by atoms with E-state index in [0.717, 1.165) is 25.9 Å². The molecular weight excluding hydrogens is 282 g/mol. The Morgan fingerprint density at radius 1 is 1.18 bits per heavy atom. The number of anilines is 1. The smallest absolute Gasteiger partial charge is 0.343 e. The van der Waals surface area contributed by atoms with E-state index in [2.05, 4.69) is 15.5 Å². The molecule has 0 atom stereocenters. The molecule has 1 aliphatic rings. The number of amides is 1. The van der Waals surface area contributed by atoms with Gasteiger partial charge in [-0.2, -0.15) is 0 Å². The fourth-order valence-corrected chi connectivity index (χ4v) is 2.53. The molecule has 118 valence electrons. The molecule has 0 aliphatic carbocycles. The van der Waals surface area contributed by atoms with Crippen LogP contribution in [0.5, 0.6) is 0 Å². The molecule has 0 spiro atoms. The van der Waals surface area contributed by atoms with Crippen molar-refractivity contribution < 1.29 is 14.7 Å². The van der Waals surface area contributed by atoms with Crippen LogP contribution in [0.4, 0.5) is 5.69 Å². The maximum atomic E-state index is 12.3. The van der Waals surface area contributed by atoms with Crippen molar-refractivity contribution in [3.8, 4) is 0 Å². The van der Waals surface area contributed by atoms with Gasteiger partial charge in [0, 0.05) is 25.0 Å². The fraction of sp³-hybridized carbons (Fsp3) is 0.375. The van der Waals surface area contributed by atoms with Crippen molar-refractivity contribution in [2.24, 2.45) is 0 Å². The molecule has 0 aromatic heterocycles. The van der Waals surface area contributed by atoms with Crippen LogP contribution in [0.2, 0.25) is 0 Å². The number of carbonyl (C=O) groups excluding carboxylic acids is 1. The lowest BCUT2D eigenvalue weighted by Gasteiger charge is -2.19. The Morgan fingerprint density at radius 2 is 1.82 bits per heavy atom. The van der Waals surface area contributed by atoms with Crippen molar-refractivity contribution in [3.05, 3.63) is 41.6 Å². The summed E-state index contributed by atoms with van der Waals surface area (Å²) in [6, 6.07) is 8.83. The zero-order valence-electron chi connectivity index (χ0n) is 12.6. The van der Waals surface area contributed by atoms with Gasteiger partial charge in [-0.15, -0.1) is 0 Å². The van der Waals surface area contributed by atoms with Crippen LogP contribution in [0.15, 0.2) is 41.6 Å². The molecule has 0 unspecified atom stereocenters. The van der Waals surface area contributed by atoms with E-state index in [1.165, 1.54) is 0 Å². The quantitative estimate of drug-likeness (QED) is 0.419. The Labute approximate surface area is 129 Å². The molecule has 0 bridgehead atoms. The first-order chi connectivity index (χ1) is 10.6. The lowest BCUT2D eigenvalue weighted by molar-refractivity contribution is -0.134. The largest absolute Gasteiger partial charge is 0.477 e. The minimum absolute atomic E-state index is 0.238. The second kappa shape index (κ2) is 7.61. The van der Waals surface area contributed by atoms with Gasteiger partial charge in [-0.3, -0.25) is 9.69 Å². The predicted molar refractivity (Wildman–Crippen MR) is 84.5 cm³/mol. The Hall–Kier alpha value is -2.34. The van der Waals surface area contributed by atoms with Gasteiger partial charge in [-0.25, -0.2) is 4.79 Å². The SMILES string of the molecule is CN/C(CN1CCCC1)=C(/C(=O)O)C(=O)Nc1ccccc1. The third kappa shape index (κ3) is 4.08. The summed E-state index contributed by atoms with van der Waals surface area (Å²) in [5.41, 5.74) is 0.768. The number of nitrogens with zero attached hydrogens (tertiary/aromatic N) is 1. The minimum atomic E-state index is -1.23. The van der Waals surface area contributed by atoms with E-state index in [0.29, 0.717) is 17.9 Å². The Kier molecular flexibility index (Phi) is 5.55. The Bertz CT molecular complexity index is 563. The molecule has 22 heavy (non-hydrogen) atoms. The second-order valence-electron chi connectivity index (χ2n) is 5.21. The standard InChI is InChI=1S/C16H21N3O3/c1-17-13(11-19-9-5-6-10-19)14(16(21)22)15(20)18-12-7-3-2-4-8-12/h2-4,7-8,17H,5-6,9-11H2,1H3,(H,18,20)(H,21,22)/b14-13+. The average Bonchev–Trinajstić information content (AvgIpc) is 3.00. The van der Waals surface area contributed by atoms with Crippen LogP contribution in [-0.2, 0) is 9.59 Å². The van der Waals surface area contributed by atoms with Gasteiger partial charge in [0.05, 0.1) is 0 Å². The van der Waals surface area contributed by atoms with Gasteiger partial charge >= 0.3 is 5.97 Å². The van der Waals surface area contributed by atoms with E-state index in [9.17, 15) is 14.7 Å². The molecule has 3 N–H and O–H groups in total. The van der Waals surface area contributed by atoms with Gasteiger partial charge in [0.15, 0.2) is 0 Å². The van der Waals surface area contributed by atoms with E-state index in [1.54, 1.807) is 31.3 Å². The van der Waals surface area contributed by atoms with Crippen LogP contribution < -0.4 is 10.6 Å². The zero-order valence-corrected chi connectivity index (χ0v) is 12.6. The lowest BCUT2D eigenvalue weighted by atomic mass is 10.1. The van der Waals surface area contributed by atoms with Gasteiger partial charge in [0.25, 0.3) is 5.91 Å². The van der Waals surface area contributed by atoms with Gasteiger partial charge in [0.2, 0.25) is 0 Å². The monoisotopic (exact) mass is 303 g/mol. The number of likely N-dealkylation sites (tertiary alicyclic amines) is 1. The van der Waals surface area contributed by atoms with Crippen molar-refractivity contribution in [1.82, 2.24) is 10.2 Å². The molecule has 1 saturated heterocycles. The molecule has 6 heteroatoms. The number of nitrogens with one attached hydrogen (secondary N) is 2. The van der Waals surface area contributed by atoms with Crippen LogP contribution in [0, 0.1) is 0 Å². The van der Waals surface area contributed by atoms with Gasteiger partial charge in [-0.1, -0.05) is 18.2 Å². The Morgan fingerprint density at radius 3 is 2.36 bits per heavy atom. The molecule has 0 radical (unpaired) electrons. The average molecular weight is 303 g/mol. The maximum absolute atomic E-state index is 12.3. The molecule has 0 saturated carbocycles. The molecule has 1 heterocycles. The molecule has 1 amide bonds. The number of carboxylic acids is 1. The van der Waals surface area contributed by atoms with Crippen LogP contribution in [-0.4, -0.2) is 48.6 Å². The van der Waals surface area contributed by atoms with E-state index in [-0.39, 0.29) is 5.57 Å². The molecular formula is C16H21N3O3. The number of hydrogen-bond donors (Lipinski definition) is 3. The zero-order chi connectivity index (χ0) is 15.9. The van der Waals surface area contributed by atoms with E-state index in [1.807, 2.05) is 6.07 Å². The normalized spacial score (nSPS) is 16.0. The maximum Gasteiger partial charge on any atom is 0.343 e. The molecule has 2 rings (SSSR count). The van der Waals surface area contributed by atoms with Gasteiger partial charge in [0.1, 0.15) is 5.57 Å². The van der Waals surface area contributed by atoms with Crippen LogP contribution in [0.25, 0.3) is 0 Å². The van der Waals surface area contributed by atoms with Crippen molar-refractivity contribution in [2.45, 2.75) is 12.8 Å². The predicted octanol–water partition coefficient (Wildman–Crippen LogP) is 1.28. The lowest BCUT2D eigenvalue weighted by Crippen LogP contribution is -2.32. The first kappa shape index (κ1) is 16.0. The highest BCUT2D eigenvalue weighted by molar-refractivity contribution is 6.21. The first-order valence-electron chi connectivity index (χ1n) is 7.34. The van der Waals surface area contributed by atoms with E-state index in [4.69, 9.17) is 0 Å². The molecule has 1 aliphatic heterocycles. The third-order valence-corrected chi connectivity index (χ3v) is 3.66. The summed E-state index contributed by atoms with van der Waals surface area (Å²) < 4.78 is 0. The second-order valence-corrected chi connectivity index (χ2v) is 5.21. The number of rotatable bonds is 6. The summed E-state index contributed by atoms with van der Waals surface area (Å²) in [5, 5.41) is 14.9. The van der Waals surface area contributed by atoms with Crippen LogP contribution in [0.3, 0.4) is 0 Å². The highest BCUT2D eigenvalue weighted by Crippen LogP contribution is 2.14. The first-order valence-corrected chi connectivity index (χ1v) is 7.34. The molecule has 1 aromatic rings.